The molecule has 0 aliphatic heterocycles. The molecule has 6 rings (SSSR count). The molecule has 0 N–H and O–H groups in total. The monoisotopic (exact) mass is 523 g/mol. The van der Waals surface area contributed by atoms with Crippen LogP contribution in [0.15, 0.2) is 75.7 Å². The Morgan fingerprint density at radius 2 is 1.71 bits per heavy atom. The summed E-state index contributed by atoms with van der Waals surface area (Å²) < 4.78 is 54.4. The van der Waals surface area contributed by atoms with Crippen LogP contribution in [0.2, 0.25) is 19.6 Å². The number of nitrogens with zero attached hydrogens (tertiary/aromatic N) is 2. The Balaban J connectivity index is 1.47. The summed E-state index contributed by atoms with van der Waals surface area (Å²) in [6.45, 7) is 9.71. The predicted octanol–water partition coefficient (Wildman–Crippen LogP) is 8.90. The van der Waals surface area contributed by atoms with Gasteiger partial charge in [-0.25, -0.2) is 4.98 Å². The van der Waals surface area contributed by atoms with Crippen molar-refractivity contribution in [2.45, 2.75) is 53.6 Å². The summed E-state index contributed by atoms with van der Waals surface area (Å²) in [5.41, 5.74) is 3.68. The first-order valence-electron chi connectivity index (χ1n) is 15.3. The molecule has 3 heterocycles. The van der Waals surface area contributed by atoms with Crippen molar-refractivity contribution in [3.05, 3.63) is 78.0 Å². The quantitative estimate of drug-likeness (QED) is 0.216. The summed E-state index contributed by atoms with van der Waals surface area (Å²) in [4.78, 5) is 9.24. The Hall–Kier alpha value is -3.70. The highest BCUT2D eigenvalue weighted by Gasteiger charge is 2.20. The summed E-state index contributed by atoms with van der Waals surface area (Å²) in [6, 6.07) is 19.5. The van der Waals surface area contributed by atoms with Gasteiger partial charge in [-0.3, -0.25) is 4.98 Å². The maximum atomic E-state index is 8.88. The van der Waals surface area contributed by atoms with E-state index in [9.17, 15) is 0 Å². The van der Waals surface area contributed by atoms with E-state index in [0.29, 0.717) is 39.4 Å². The van der Waals surface area contributed by atoms with Crippen LogP contribution in [0.25, 0.3) is 55.7 Å². The lowest BCUT2D eigenvalue weighted by Gasteiger charge is -2.20. The van der Waals surface area contributed by atoms with Gasteiger partial charge >= 0.3 is 0 Å². The molecule has 0 bridgehead atoms. The maximum absolute atomic E-state index is 8.88. The smallest absolute Gasteiger partial charge is 0.227 e. The molecule has 0 atom stereocenters. The number of aromatic nitrogens is 2. The first kappa shape index (κ1) is 19.4. The lowest BCUT2D eigenvalue weighted by molar-refractivity contribution is 0.410. The Bertz CT molecular complexity index is 2010. The van der Waals surface area contributed by atoms with E-state index in [2.05, 4.69) is 48.9 Å². The summed E-state index contributed by atoms with van der Waals surface area (Å²) in [5.74, 6) is 0.550. The highest BCUT2D eigenvalue weighted by Crippen LogP contribution is 2.38. The van der Waals surface area contributed by atoms with Crippen molar-refractivity contribution >= 4 is 46.3 Å². The largest absolute Gasteiger partial charge is 0.455 e. The minimum Gasteiger partial charge on any atom is -0.455 e. The van der Waals surface area contributed by atoms with Crippen molar-refractivity contribution in [3.8, 4) is 22.7 Å². The number of rotatable bonds is 4. The van der Waals surface area contributed by atoms with Crippen molar-refractivity contribution < 1.29 is 15.7 Å². The fourth-order valence-electron chi connectivity index (χ4n) is 4.77. The molecule has 0 amide bonds. The molecule has 6 aromatic rings. The van der Waals surface area contributed by atoms with Crippen molar-refractivity contribution in [1.82, 2.24) is 9.97 Å². The number of oxazole rings is 1. The van der Waals surface area contributed by atoms with Gasteiger partial charge in [0.1, 0.15) is 16.7 Å². The highest BCUT2D eigenvalue weighted by atomic mass is 28.3. The molecular weight excluding hydrogens is 484 g/mol. The summed E-state index contributed by atoms with van der Waals surface area (Å²) in [7, 11) is -1.41. The zero-order valence-electron chi connectivity index (χ0n) is 27.6. The molecule has 5 heteroatoms. The molecule has 4 nitrogen and oxygen atoms in total. The first-order chi connectivity index (χ1) is 19.9. The van der Waals surface area contributed by atoms with Crippen molar-refractivity contribution in [2.75, 3.05) is 0 Å². The third-order valence-corrected chi connectivity index (χ3v) is 8.76. The molecule has 0 radical (unpaired) electrons. The minimum absolute atomic E-state index is 0.0923. The molecule has 192 valence electrons. The van der Waals surface area contributed by atoms with Gasteiger partial charge in [0.25, 0.3) is 0 Å². The fraction of sp³-hybridized carbons (Fsp3) is 0.273. The zero-order valence-corrected chi connectivity index (χ0v) is 23.6. The summed E-state index contributed by atoms with van der Waals surface area (Å²) in [5, 5.41) is 3.07. The first-order valence-corrected chi connectivity index (χ1v) is 16.3. The average Bonchev–Trinajstić information content (AvgIpc) is 3.50. The lowest BCUT2D eigenvalue weighted by atomic mass is 9.86. The number of hydrogen-bond acceptors (Lipinski definition) is 4. The summed E-state index contributed by atoms with van der Waals surface area (Å²) >= 11 is 0. The van der Waals surface area contributed by atoms with Crippen LogP contribution in [0.4, 0.5) is 0 Å². The fourth-order valence-corrected chi connectivity index (χ4v) is 5.93. The maximum Gasteiger partial charge on any atom is 0.227 e. The van der Waals surface area contributed by atoms with Gasteiger partial charge in [-0.1, -0.05) is 69.9 Å². The number of aryl methyl sites for hydroxylation is 1. The average molecular weight is 524 g/mol. The predicted molar refractivity (Wildman–Crippen MR) is 161 cm³/mol. The Morgan fingerprint density at radius 3 is 2.42 bits per heavy atom. The Morgan fingerprint density at radius 1 is 0.921 bits per heavy atom. The van der Waals surface area contributed by atoms with Gasteiger partial charge in [-0.15, -0.1) is 0 Å². The van der Waals surface area contributed by atoms with Gasteiger partial charge in [0.05, 0.1) is 13.8 Å². The van der Waals surface area contributed by atoms with Crippen LogP contribution in [-0.2, 0) is 6.37 Å². The van der Waals surface area contributed by atoms with Crippen LogP contribution in [0, 0.1) is 12.3 Å². The van der Waals surface area contributed by atoms with E-state index in [-0.39, 0.29) is 11.1 Å². The van der Waals surface area contributed by atoms with Gasteiger partial charge in [-0.05, 0) is 60.1 Å². The van der Waals surface area contributed by atoms with Crippen LogP contribution in [0.5, 0.6) is 0 Å². The van der Waals surface area contributed by atoms with Crippen molar-refractivity contribution in [2.24, 2.45) is 5.41 Å². The molecule has 0 unspecified atom stereocenters. The standard InChI is InChI=1S/C33H34N2O2Si/c1-20-19-34-27(15-22(20)18-33(2,3)4)25-10-8-9-24-26-16-30-28(17-29(26)36-31(24)25)35-32(37-30)21-11-13-23(14-12-21)38(5,6)7/h8-17,19H,18H2,1-7H3/i1D3,18D2. The van der Waals surface area contributed by atoms with Crippen LogP contribution in [-0.4, -0.2) is 18.0 Å². The highest BCUT2D eigenvalue weighted by molar-refractivity contribution is 6.88. The van der Waals surface area contributed by atoms with E-state index in [1.807, 2.05) is 30.3 Å². The SMILES string of the molecule is [2H]C([2H])([2H])c1cnc(-c2cccc3c2oc2cc4nc(-c5ccc([Si](C)(C)C)cc5)oc4cc23)cc1C([2H])([2H])C(C)(C)C. The van der Waals surface area contributed by atoms with Gasteiger partial charge in [0.15, 0.2) is 5.58 Å². The van der Waals surface area contributed by atoms with E-state index in [1.54, 1.807) is 26.8 Å². The van der Waals surface area contributed by atoms with E-state index >= 15 is 0 Å². The van der Waals surface area contributed by atoms with Crippen LogP contribution in [0.3, 0.4) is 0 Å². The zero-order chi connectivity index (χ0) is 31.1. The third-order valence-electron chi connectivity index (χ3n) is 6.69. The number of benzene rings is 3. The molecule has 0 fully saturated rings. The van der Waals surface area contributed by atoms with Gasteiger partial charge in [0, 0.05) is 41.0 Å². The topological polar surface area (TPSA) is 52.1 Å². The molecule has 0 spiro atoms. The Kier molecular flexibility index (Phi) is 4.42. The van der Waals surface area contributed by atoms with E-state index < -0.39 is 26.7 Å². The number of para-hydroxylation sites is 1. The second kappa shape index (κ2) is 8.67. The van der Waals surface area contributed by atoms with E-state index in [4.69, 9.17) is 20.7 Å². The third kappa shape index (κ3) is 4.45. The summed E-state index contributed by atoms with van der Waals surface area (Å²) in [6.07, 6.45) is -0.656. The molecule has 0 aliphatic carbocycles. The molecule has 0 aliphatic rings. The van der Waals surface area contributed by atoms with Crippen LogP contribution >= 0.6 is 0 Å². The number of furan rings is 1. The second-order valence-electron chi connectivity index (χ2n) is 11.9. The van der Waals surface area contributed by atoms with Gasteiger partial charge in [-0.2, -0.15) is 0 Å². The minimum atomic E-state index is -2.51. The number of pyridine rings is 1. The van der Waals surface area contributed by atoms with Crippen molar-refractivity contribution in [1.29, 1.82) is 0 Å². The second-order valence-corrected chi connectivity index (χ2v) is 17.0. The van der Waals surface area contributed by atoms with E-state index in [0.717, 1.165) is 16.3 Å². The van der Waals surface area contributed by atoms with Crippen LogP contribution < -0.4 is 5.19 Å². The molecule has 0 saturated heterocycles. The van der Waals surface area contributed by atoms with E-state index in [1.165, 1.54) is 11.4 Å². The lowest BCUT2D eigenvalue weighted by Crippen LogP contribution is -2.37. The van der Waals surface area contributed by atoms with Crippen molar-refractivity contribution in [3.63, 3.8) is 0 Å². The van der Waals surface area contributed by atoms with Gasteiger partial charge in [0.2, 0.25) is 5.89 Å². The molecule has 0 saturated carbocycles. The molecule has 38 heavy (non-hydrogen) atoms. The van der Waals surface area contributed by atoms with Gasteiger partial charge < -0.3 is 8.83 Å². The number of hydrogen-bond donors (Lipinski definition) is 0. The molecular formula is C33H34N2O2Si. The van der Waals surface area contributed by atoms with Crippen LogP contribution in [0.1, 0.15) is 38.8 Å². The normalized spacial score (nSPS) is 15.4. The Labute approximate surface area is 231 Å². The molecule has 3 aromatic carbocycles. The molecule has 3 aromatic heterocycles. The number of fused-ring (bicyclic) bond motifs is 4.